The monoisotopic (exact) mass is 447 g/mol. The second kappa shape index (κ2) is 10.8. The van der Waals surface area contributed by atoms with Crippen molar-refractivity contribution in [3.63, 3.8) is 0 Å². The minimum Gasteiger partial charge on any atom is -0.490 e. The number of aliphatic hydroxyl groups excluding tert-OH is 1. The normalized spacial score (nSPS) is 11.0. The SMILES string of the molecule is CCOc1cc(C=C(C#N)c2nn(CCO)c(N)c2C#N)ccc1OCc1ccccc1F. The Balaban J connectivity index is 1.93. The molecule has 9 heteroatoms. The van der Waals surface area contributed by atoms with Gasteiger partial charge in [-0.25, -0.2) is 9.07 Å². The summed E-state index contributed by atoms with van der Waals surface area (Å²) >= 11 is 0. The first kappa shape index (κ1) is 23.3. The van der Waals surface area contributed by atoms with Crippen LogP contribution in [0.2, 0.25) is 0 Å². The number of anilines is 1. The Hall–Kier alpha value is -4.34. The van der Waals surface area contributed by atoms with Crippen LogP contribution in [-0.2, 0) is 13.2 Å². The van der Waals surface area contributed by atoms with Gasteiger partial charge < -0.3 is 20.3 Å². The van der Waals surface area contributed by atoms with E-state index in [1.165, 1.54) is 10.7 Å². The zero-order valence-corrected chi connectivity index (χ0v) is 18.0. The fraction of sp³-hybridized carbons (Fsp3) is 0.208. The van der Waals surface area contributed by atoms with Gasteiger partial charge in [-0.3, -0.25) is 0 Å². The molecular formula is C24H22FN5O3. The van der Waals surface area contributed by atoms with Crippen molar-refractivity contribution in [2.24, 2.45) is 0 Å². The summed E-state index contributed by atoms with van der Waals surface area (Å²) < 4.78 is 26.6. The van der Waals surface area contributed by atoms with Crippen molar-refractivity contribution in [2.45, 2.75) is 20.1 Å². The highest BCUT2D eigenvalue weighted by Crippen LogP contribution is 2.32. The topological polar surface area (TPSA) is 130 Å². The Bertz CT molecular complexity index is 1250. The molecular weight excluding hydrogens is 425 g/mol. The van der Waals surface area contributed by atoms with Gasteiger partial charge in [0, 0.05) is 5.56 Å². The average molecular weight is 447 g/mol. The number of hydrogen-bond acceptors (Lipinski definition) is 7. The fourth-order valence-corrected chi connectivity index (χ4v) is 3.13. The molecule has 0 saturated carbocycles. The first-order valence-corrected chi connectivity index (χ1v) is 10.1. The van der Waals surface area contributed by atoms with Crippen LogP contribution in [0.15, 0.2) is 42.5 Å². The second-order valence-electron chi connectivity index (χ2n) is 6.86. The predicted octanol–water partition coefficient (Wildman–Crippen LogP) is 3.51. The molecule has 0 spiro atoms. The van der Waals surface area contributed by atoms with Crippen LogP contribution in [0.25, 0.3) is 11.6 Å². The van der Waals surface area contributed by atoms with Crippen molar-refractivity contribution in [2.75, 3.05) is 18.9 Å². The maximum atomic E-state index is 13.9. The third kappa shape index (κ3) is 5.29. The molecule has 3 aromatic rings. The Morgan fingerprint density at radius 1 is 1.21 bits per heavy atom. The fourth-order valence-electron chi connectivity index (χ4n) is 3.13. The van der Waals surface area contributed by atoms with Crippen molar-refractivity contribution >= 4 is 17.5 Å². The molecule has 2 aromatic carbocycles. The molecule has 3 rings (SSSR count). The van der Waals surface area contributed by atoms with Crippen LogP contribution < -0.4 is 15.2 Å². The lowest BCUT2D eigenvalue weighted by atomic mass is 10.1. The van der Waals surface area contributed by atoms with Gasteiger partial charge in [0.15, 0.2) is 11.5 Å². The van der Waals surface area contributed by atoms with E-state index in [0.717, 1.165) is 0 Å². The lowest BCUT2D eigenvalue weighted by Crippen LogP contribution is -2.07. The van der Waals surface area contributed by atoms with E-state index < -0.39 is 0 Å². The number of nitrogens with zero attached hydrogens (tertiary/aromatic N) is 4. The quantitative estimate of drug-likeness (QED) is 0.480. The molecule has 0 aliphatic heterocycles. The molecule has 3 N–H and O–H groups in total. The number of nitrogens with two attached hydrogens (primary N) is 1. The van der Waals surface area contributed by atoms with Gasteiger partial charge in [-0.1, -0.05) is 24.3 Å². The van der Waals surface area contributed by atoms with Gasteiger partial charge in [0.1, 0.15) is 41.6 Å². The predicted molar refractivity (Wildman–Crippen MR) is 120 cm³/mol. The van der Waals surface area contributed by atoms with Crippen LogP contribution in [0, 0.1) is 28.5 Å². The van der Waals surface area contributed by atoms with Crippen LogP contribution in [0.5, 0.6) is 11.5 Å². The molecule has 168 valence electrons. The largest absolute Gasteiger partial charge is 0.490 e. The minimum atomic E-state index is -0.359. The zero-order valence-electron chi connectivity index (χ0n) is 18.0. The van der Waals surface area contributed by atoms with E-state index in [9.17, 15) is 14.9 Å². The van der Waals surface area contributed by atoms with Crippen molar-refractivity contribution in [3.05, 3.63) is 70.7 Å². The van der Waals surface area contributed by atoms with E-state index in [1.54, 1.807) is 42.5 Å². The molecule has 0 saturated heterocycles. The smallest absolute Gasteiger partial charge is 0.161 e. The lowest BCUT2D eigenvalue weighted by Gasteiger charge is -2.13. The van der Waals surface area contributed by atoms with E-state index >= 15 is 0 Å². The standard InChI is InChI=1S/C24H22FN5O3/c1-2-32-22-12-16(7-8-21(22)33-15-17-5-3-4-6-20(17)25)11-18(13-26)23-19(14-27)24(28)30(29-23)9-10-31/h3-8,11-12,31H,2,9-10,15,28H2,1H3. The molecule has 8 nitrogen and oxygen atoms in total. The summed E-state index contributed by atoms with van der Waals surface area (Å²) in [6, 6.07) is 15.4. The summed E-state index contributed by atoms with van der Waals surface area (Å²) in [5.74, 6) is 0.562. The highest BCUT2D eigenvalue weighted by atomic mass is 19.1. The Kier molecular flexibility index (Phi) is 7.64. The van der Waals surface area contributed by atoms with Gasteiger partial charge in [-0.2, -0.15) is 15.6 Å². The molecule has 0 unspecified atom stereocenters. The molecule has 1 heterocycles. The minimum absolute atomic E-state index is 0.0263. The number of nitrogen functional groups attached to an aromatic ring is 1. The van der Waals surface area contributed by atoms with Crippen LogP contribution in [0.3, 0.4) is 0 Å². The third-order valence-corrected chi connectivity index (χ3v) is 4.71. The number of halogens is 1. The van der Waals surface area contributed by atoms with Gasteiger partial charge in [-0.15, -0.1) is 0 Å². The van der Waals surface area contributed by atoms with E-state index in [2.05, 4.69) is 5.10 Å². The molecule has 0 fully saturated rings. The van der Waals surface area contributed by atoms with Crippen LogP contribution in [0.1, 0.15) is 29.3 Å². The first-order chi connectivity index (χ1) is 16.0. The number of aromatic nitrogens is 2. The van der Waals surface area contributed by atoms with Gasteiger partial charge in [0.25, 0.3) is 0 Å². The molecule has 1 aromatic heterocycles. The third-order valence-electron chi connectivity index (χ3n) is 4.71. The molecule has 0 radical (unpaired) electrons. The Morgan fingerprint density at radius 3 is 2.67 bits per heavy atom. The Morgan fingerprint density at radius 2 is 2.00 bits per heavy atom. The number of benzene rings is 2. The van der Waals surface area contributed by atoms with Crippen LogP contribution in [0.4, 0.5) is 10.2 Å². The van der Waals surface area contributed by atoms with Crippen molar-refractivity contribution < 1.29 is 19.0 Å². The summed E-state index contributed by atoms with van der Waals surface area (Å²) in [5, 5.41) is 32.5. The van der Waals surface area contributed by atoms with E-state index in [0.29, 0.717) is 29.2 Å². The number of nitriles is 2. The molecule has 0 aliphatic rings. The summed E-state index contributed by atoms with van der Waals surface area (Å²) in [6.45, 7) is 2.10. The van der Waals surface area contributed by atoms with Gasteiger partial charge in [0.2, 0.25) is 0 Å². The van der Waals surface area contributed by atoms with E-state index in [1.807, 2.05) is 19.1 Å². The average Bonchev–Trinajstić information content (AvgIpc) is 3.13. The number of rotatable bonds is 9. The molecule has 0 aliphatic carbocycles. The van der Waals surface area contributed by atoms with E-state index in [-0.39, 0.29) is 48.2 Å². The molecule has 33 heavy (non-hydrogen) atoms. The number of ether oxygens (including phenoxy) is 2. The Labute approximate surface area is 190 Å². The van der Waals surface area contributed by atoms with Gasteiger partial charge >= 0.3 is 0 Å². The van der Waals surface area contributed by atoms with Crippen molar-refractivity contribution in [1.29, 1.82) is 10.5 Å². The first-order valence-electron chi connectivity index (χ1n) is 10.1. The van der Waals surface area contributed by atoms with Gasteiger partial charge in [-0.05, 0) is 36.8 Å². The highest BCUT2D eigenvalue weighted by molar-refractivity contribution is 5.91. The maximum absolute atomic E-state index is 13.9. The van der Waals surface area contributed by atoms with Crippen LogP contribution >= 0.6 is 0 Å². The zero-order chi connectivity index (χ0) is 23.8. The maximum Gasteiger partial charge on any atom is 0.161 e. The summed E-state index contributed by atoms with van der Waals surface area (Å²) in [6.07, 6.45) is 1.55. The van der Waals surface area contributed by atoms with Crippen molar-refractivity contribution in [3.8, 4) is 23.6 Å². The lowest BCUT2D eigenvalue weighted by molar-refractivity contribution is 0.266. The summed E-state index contributed by atoms with van der Waals surface area (Å²) in [7, 11) is 0. The van der Waals surface area contributed by atoms with Gasteiger partial charge in [0.05, 0.1) is 25.3 Å². The highest BCUT2D eigenvalue weighted by Gasteiger charge is 2.19. The summed E-state index contributed by atoms with van der Waals surface area (Å²) in [4.78, 5) is 0. The molecule has 0 atom stereocenters. The number of aliphatic hydroxyl groups is 1. The number of hydrogen-bond donors (Lipinski definition) is 2. The van der Waals surface area contributed by atoms with Crippen molar-refractivity contribution in [1.82, 2.24) is 9.78 Å². The molecule has 0 bridgehead atoms. The van der Waals surface area contributed by atoms with Crippen LogP contribution in [-0.4, -0.2) is 28.1 Å². The van der Waals surface area contributed by atoms with E-state index in [4.69, 9.17) is 20.3 Å². The second-order valence-corrected chi connectivity index (χ2v) is 6.86. The number of allylic oxidation sites excluding steroid dienone is 1. The summed E-state index contributed by atoms with van der Waals surface area (Å²) in [5.41, 5.74) is 7.26. The molecule has 0 amide bonds.